The molecule has 0 bridgehead atoms. The number of hydrogen-bond acceptors (Lipinski definition) is 4. The monoisotopic (exact) mass is 438 g/mol. The van der Waals surface area contributed by atoms with E-state index in [0.29, 0.717) is 18.0 Å². The molecule has 0 radical (unpaired) electrons. The minimum atomic E-state index is -0.143. The van der Waals surface area contributed by atoms with Crippen molar-refractivity contribution in [3.05, 3.63) is 60.7 Å². The first-order valence-electron chi connectivity index (χ1n) is 11.1. The number of benzene rings is 2. The van der Waals surface area contributed by atoms with Crippen molar-refractivity contribution >= 4 is 11.8 Å². The van der Waals surface area contributed by atoms with Gasteiger partial charge in [-0.2, -0.15) is 0 Å². The summed E-state index contributed by atoms with van der Waals surface area (Å²) in [5, 5.41) is 6.15. The molecule has 0 spiro atoms. The maximum Gasteiger partial charge on any atom is 0.258 e. The quantitative estimate of drug-likeness (QED) is 0.621. The summed E-state index contributed by atoms with van der Waals surface area (Å²) in [6.07, 6.45) is 2.66. The highest BCUT2D eigenvalue weighted by Crippen LogP contribution is 2.45. The molecule has 172 valence electrons. The van der Waals surface area contributed by atoms with E-state index in [1.165, 1.54) is 0 Å². The van der Waals surface area contributed by atoms with Gasteiger partial charge in [-0.15, -0.1) is 0 Å². The van der Waals surface area contributed by atoms with Gasteiger partial charge in [0.2, 0.25) is 0 Å². The van der Waals surface area contributed by atoms with Crippen molar-refractivity contribution in [1.29, 1.82) is 0 Å². The molecule has 0 heterocycles. The Hall–Kier alpha value is -3.02. The van der Waals surface area contributed by atoms with E-state index >= 15 is 0 Å². The van der Waals surface area contributed by atoms with Crippen LogP contribution in [-0.4, -0.2) is 37.6 Å². The molecule has 2 N–H and O–H groups in total. The van der Waals surface area contributed by atoms with Gasteiger partial charge in [0.05, 0.1) is 0 Å². The first kappa shape index (κ1) is 23.6. The molecule has 0 unspecified atom stereocenters. The molecule has 32 heavy (non-hydrogen) atoms. The van der Waals surface area contributed by atoms with Crippen LogP contribution in [0.5, 0.6) is 11.5 Å². The van der Waals surface area contributed by atoms with E-state index in [0.717, 1.165) is 19.3 Å². The summed E-state index contributed by atoms with van der Waals surface area (Å²) in [6.45, 7) is 7.12. The van der Waals surface area contributed by atoms with E-state index in [2.05, 4.69) is 31.4 Å². The highest BCUT2D eigenvalue weighted by Gasteiger charge is 2.41. The molecule has 2 aromatic rings. The van der Waals surface area contributed by atoms with E-state index in [4.69, 9.17) is 9.47 Å². The third kappa shape index (κ3) is 7.59. The molecule has 2 amide bonds. The number of rotatable bonds is 9. The topological polar surface area (TPSA) is 76.7 Å². The van der Waals surface area contributed by atoms with E-state index in [-0.39, 0.29) is 41.9 Å². The SMILES string of the molecule is CC1(C)C[C@H](NC(=O)COc2ccccc2)C[C@](C)(CNC(=O)COc2ccccc2)C1. The van der Waals surface area contributed by atoms with Crippen LogP contribution in [0, 0.1) is 10.8 Å². The Morgan fingerprint density at radius 1 is 0.844 bits per heavy atom. The van der Waals surface area contributed by atoms with Crippen LogP contribution in [0.1, 0.15) is 40.0 Å². The van der Waals surface area contributed by atoms with Crippen LogP contribution in [0.4, 0.5) is 0 Å². The van der Waals surface area contributed by atoms with Gasteiger partial charge < -0.3 is 20.1 Å². The van der Waals surface area contributed by atoms with Gasteiger partial charge in [-0.05, 0) is 54.4 Å². The fourth-order valence-corrected chi connectivity index (χ4v) is 4.83. The maximum absolute atomic E-state index is 12.5. The molecule has 1 fully saturated rings. The van der Waals surface area contributed by atoms with Gasteiger partial charge in [0.1, 0.15) is 11.5 Å². The van der Waals surface area contributed by atoms with Crippen molar-refractivity contribution in [3.8, 4) is 11.5 Å². The van der Waals surface area contributed by atoms with Crippen LogP contribution in [0.2, 0.25) is 0 Å². The number of amides is 2. The first-order chi connectivity index (χ1) is 15.2. The lowest BCUT2D eigenvalue weighted by molar-refractivity contribution is -0.126. The molecule has 6 nitrogen and oxygen atoms in total. The number of para-hydroxylation sites is 2. The van der Waals surface area contributed by atoms with Crippen molar-refractivity contribution < 1.29 is 19.1 Å². The summed E-state index contributed by atoms with van der Waals surface area (Å²) >= 11 is 0. The lowest BCUT2D eigenvalue weighted by Gasteiger charge is -2.47. The predicted molar refractivity (Wildman–Crippen MR) is 125 cm³/mol. The fraction of sp³-hybridized carbons (Fsp3) is 0.462. The highest BCUT2D eigenvalue weighted by atomic mass is 16.5. The third-order valence-electron chi connectivity index (χ3n) is 5.75. The second kappa shape index (κ2) is 10.5. The van der Waals surface area contributed by atoms with E-state index in [1.807, 2.05) is 60.7 Å². The minimum absolute atomic E-state index is 0.00871. The van der Waals surface area contributed by atoms with Crippen molar-refractivity contribution in [2.75, 3.05) is 19.8 Å². The zero-order chi connectivity index (χ0) is 23.0. The summed E-state index contributed by atoms with van der Waals surface area (Å²) in [5.41, 5.74) is -0.0705. The Morgan fingerprint density at radius 2 is 1.38 bits per heavy atom. The van der Waals surface area contributed by atoms with E-state index < -0.39 is 0 Å². The Bertz CT molecular complexity index is 885. The molecule has 1 saturated carbocycles. The molecule has 3 rings (SSSR count). The fourth-order valence-electron chi connectivity index (χ4n) is 4.83. The van der Waals surface area contributed by atoms with Gasteiger partial charge in [-0.25, -0.2) is 0 Å². The molecule has 2 aromatic carbocycles. The number of hydrogen-bond donors (Lipinski definition) is 2. The van der Waals surface area contributed by atoms with Crippen molar-refractivity contribution in [2.45, 2.75) is 46.1 Å². The van der Waals surface area contributed by atoms with E-state index in [9.17, 15) is 9.59 Å². The Balaban J connectivity index is 1.48. The summed E-state index contributed by atoms with van der Waals surface area (Å²) in [4.78, 5) is 24.8. The third-order valence-corrected chi connectivity index (χ3v) is 5.75. The highest BCUT2D eigenvalue weighted by molar-refractivity contribution is 5.78. The average molecular weight is 439 g/mol. The minimum Gasteiger partial charge on any atom is -0.484 e. The van der Waals surface area contributed by atoms with Gasteiger partial charge >= 0.3 is 0 Å². The number of nitrogens with one attached hydrogen (secondary N) is 2. The summed E-state index contributed by atoms with van der Waals surface area (Å²) in [5.74, 6) is 1.08. The van der Waals surface area contributed by atoms with Crippen LogP contribution in [0.25, 0.3) is 0 Å². The second-order valence-corrected chi connectivity index (χ2v) is 9.80. The van der Waals surface area contributed by atoms with Gasteiger partial charge in [0, 0.05) is 12.6 Å². The lowest BCUT2D eigenvalue weighted by Crippen LogP contribution is -2.51. The molecule has 0 saturated heterocycles. The van der Waals surface area contributed by atoms with E-state index in [1.54, 1.807) is 0 Å². The van der Waals surface area contributed by atoms with Crippen LogP contribution in [-0.2, 0) is 9.59 Å². The number of ether oxygens (including phenoxy) is 2. The normalized spacial score (nSPS) is 21.9. The smallest absolute Gasteiger partial charge is 0.258 e. The maximum atomic E-state index is 12.5. The molecule has 0 aromatic heterocycles. The van der Waals surface area contributed by atoms with Gasteiger partial charge in [0.25, 0.3) is 11.8 Å². The number of carbonyl (C=O) groups excluding carboxylic acids is 2. The molecule has 0 aliphatic heterocycles. The predicted octanol–water partition coefficient (Wildman–Crippen LogP) is 3.96. The van der Waals surface area contributed by atoms with Gasteiger partial charge in [0.15, 0.2) is 13.2 Å². The van der Waals surface area contributed by atoms with Gasteiger partial charge in [-0.1, -0.05) is 57.2 Å². The number of carbonyl (C=O) groups is 2. The van der Waals surface area contributed by atoms with Gasteiger partial charge in [-0.3, -0.25) is 9.59 Å². The van der Waals surface area contributed by atoms with Crippen molar-refractivity contribution in [2.24, 2.45) is 10.8 Å². The summed E-state index contributed by atoms with van der Waals surface area (Å²) in [7, 11) is 0. The molecule has 1 aliphatic carbocycles. The van der Waals surface area contributed by atoms with Crippen molar-refractivity contribution in [3.63, 3.8) is 0 Å². The summed E-state index contributed by atoms with van der Waals surface area (Å²) < 4.78 is 11.1. The standard InChI is InChI=1S/C26H34N2O4/c1-25(2)14-20(28-24(30)17-32-22-12-8-5-9-13-22)15-26(3,18-25)19-27-23(29)16-31-21-10-6-4-7-11-21/h4-13,20H,14-19H2,1-3H3,(H,27,29)(H,28,30)/t20-,26-/m0/s1. The summed E-state index contributed by atoms with van der Waals surface area (Å²) in [6, 6.07) is 18.7. The van der Waals surface area contributed by atoms with Crippen LogP contribution < -0.4 is 20.1 Å². The van der Waals surface area contributed by atoms with Crippen LogP contribution in [0.3, 0.4) is 0 Å². The zero-order valence-electron chi connectivity index (χ0n) is 19.2. The largest absolute Gasteiger partial charge is 0.484 e. The lowest BCUT2D eigenvalue weighted by atomic mass is 9.62. The molecule has 1 aliphatic rings. The Labute approximate surface area is 190 Å². The second-order valence-electron chi connectivity index (χ2n) is 9.80. The van der Waals surface area contributed by atoms with Crippen LogP contribution in [0.15, 0.2) is 60.7 Å². The molecule has 6 heteroatoms. The van der Waals surface area contributed by atoms with Crippen molar-refractivity contribution in [1.82, 2.24) is 10.6 Å². The zero-order valence-corrected chi connectivity index (χ0v) is 19.2. The Kier molecular flexibility index (Phi) is 7.78. The first-order valence-corrected chi connectivity index (χ1v) is 11.1. The van der Waals surface area contributed by atoms with Crippen LogP contribution >= 0.6 is 0 Å². The molecular formula is C26H34N2O4. The molecular weight excluding hydrogens is 404 g/mol. The Morgan fingerprint density at radius 3 is 1.94 bits per heavy atom. The average Bonchev–Trinajstić information content (AvgIpc) is 2.75. The molecule has 2 atom stereocenters.